The first-order valence-corrected chi connectivity index (χ1v) is 10.2. The molecule has 0 aliphatic heterocycles. The van der Waals surface area contributed by atoms with E-state index in [0.29, 0.717) is 23.1 Å². The zero-order valence-corrected chi connectivity index (χ0v) is 16.6. The first kappa shape index (κ1) is 17.6. The Hall–Kier alpha value is -3.44. The fraction of sp³-hybridized carbons (Fsp3) is 0.0833. The Morgan fingerprint density at radius 3 is 2.48 bits per heavy atom. The van der Waals surface area contributed by atoms with Crippen LogP contribution in [0.5, 0.6) is 5.75 Å². The van der Waals surface area contributed by atoms with Crippen LogP contribution < -0.4 is 15.5 Å². The summed E-state index contributed by atoms with van der Waals surface area (Å²) in [6, 6.07) is 23.6. The predicted octanol–water partition coefficient (Wildman–Crippen LogP) is 5.58. The third kappa shape index (κ3) is 3.00. The normalized spacial score (nSPS) is 11.2. The number of hydrogen-bond acceptors (Lipinski definition) is 5. The third-order valence-corrected chi connectivity index (χ3v) is 6.25. The van der Waals surface area contributed by atoms with E-state index < -0.39 is 0 Å². The number of nitrogens with one attached hydrogen (secondary N) is 1. The van der Waals surface area contributed by atoms with Gasteiger partial charge >= 0.3 is 0 Å². The van der Waals surface area contributed by atoms with E-state index in [1.54, 1.807) is 18.4 Å². The highest BCUT2D eigenvalue weighted by atomic mass is 32.1. The molecule has 0 atom stereocenters. The zero-order chi connectivity index (χ0) is 19.8. The Labute approximate surface area is 171 Å². The lowest BCUT2D eigenvalue weighted by Gasteiger charge is -2.13. The number of rotatable bonds is 4. The van der Waals surface area contributed by atoms with Crippen LogP contribution in [0.3, 0.4) is 0 Å². The molecule has 4 nitrogen and oxygen atoms in total. The maximum Gasteiger partial charge on any atom is 0.196 e. The fourth-order valence-electron chi connectivity index (χ4n) is 3.62. The van der Waals surface area contributed by atoms with Crippen LogP contribution >= 0.6 is 11.3 Å². The molecule has 5 aromatic rings. The largest absolute Gasteiger partial charge is 0.495 e. The molecule has 0 bridgehead atoms. The van der Waals surface area contributed by atoms with Crippen molar-refractivity contribution in [2.24, 2.45) is 0 Å². The molecule has 0 saturated carbocycles. The summed E-state index contributed by atoms with van der Waals surface area (Å²) in [4.78, 5) is 18.3. The molecule has 0 aliphatic carbocycles. The highest BCUT2D eigenvalue weighted by Gasteiger charge is 2.16. The average molecular weight is 398 g/mol. The number of hydrogen-bond donors (Lipinski definition) is 1. The molecule has 2 aromatic heterocycles. The van der Waals surface area contributed by atoms with Gasteiger partial charge in [-0.2, -0.15) is 0 Å². The van der Waals surface area contributed by atoms with Gasteiger partial charge in [0.1, 0.15) is 11.6 Å². The lowest BCUT2D eigenvalue weighted by atomic mass is 10.1. The number of anilines is 1. The van der Waals surface area contributed by atoms with Crippen molar-refractivity contribution in [2.75, 3.05) is 12.4 Å². The van der Waals surface area contributed by atoms with Crippen LogP contribution in [-0.4, -0.2) is 12.1 Å². The number of aromatic nitrogens is 1. The van der Waals surface area contributed by atoms with Gasteiger partial charge in [-0.05, 0) is 23.8 Å². The van der Waals surface area contributed by atoms with E-state index in [4.69, 9.17) is 9.72 Å². The quantitative estimate of drug-likeness (QED) is 0.317. The van der Waals surface area contributed by atoms with Gasteiger partial charge in [0.2, 0.25) is 0 Å². The molecule has 0 radical (unpaired) electrons. The van der Waals surface area contributed by atoms with Crippen LogP contribution in [0.1, 0.15) is 5.56 Å². The Morgan fingerprint density at radius 2 is 1.66 bits per heavy atom. The first-order chi connectivity index (χ1) is 14.3. The summed E-state index contributed by atoms with van der Waals surface area (Å²) in [6.07, 6.45) is 0. The maximum atomic E-state index is 13.5. The third-order valence-electron chi connectivity index (χ3n) is 5.03. The van der Waals surface area contributed by atoms with Crippen LogP contribution in [0.2, 0.25) is 0 Å². The van der Waals surface area contributed by atoms with Crippen molar-refractivity contribution < 1.29 is 4.74 Å². The van der Waals surface area contributed by atoms with Crippen molar-refractivity contribution >= 4 is 48.2 Å². The molecule has 3 aromatic carbocycles. The average Bonchev–Trinajstić information content (AvgIpc) is 2.78. The monoisotopic (exact) mass is 398 g/mol. The molecule has 0 saturated heterocycles. The molecule has 5 rings (SSSR count). The fourth-order valence-corrected chi connectivity index (χ4v) is 4.86. The van der Waals surface area contributed by atoms with Crippen molar-refractivity contribution in [1.29, 1.82) is 0 Å². The van der Waals surface area contributed by atoms with E-state index in [2.05, 4.69) is 17.4 Å². The van der Waals surface area contributed by atoms with Gasteiger partial charge in [0.15, 0.2) is 5.43 Å². The minimum Gasteiger partial charge on any atom is -0.495 e. The Kier molecular flexibility index (Phi) is 4.37. The first-order valence-electron chi connectivity index (χ1n) is 9.36. The van der Waals surface area contributed by atoms with Crippen LogP contribution in [-0.2, 0) is 6.54 Å². The minimum atomic E-state index is 0.00834. The summed E-state index contributed by atoms with van der Waals surface area (Å²) in [5.74, 6) is 1.42. The zero-order valence-electron chi connectivity index (χ0n) is 15.8. The van der Waals surface area contributed by atoms with Crippen molar-refractivity contribution in [3.63, 3.8) is 0 Å². The van der Waals surface area contributed by atoms with E-state index in [9.17, 15) is 4.79 Å². The second kappa shape index (κ2) is 7.18. The molecular weight excluding hydrogens is 380 g/mol. The predicted molar refractivity (Wildman–Crippen MR) is 121 cm³/mol. The van der Waals surface area contributed by atoms with Gasteiger partial charge in [0, 0.05) is 17.3 Å². The molecule has 0 amide bonds. The number of methoxy groups -OCH3 is 1. The molecule has 142 valence electrons. The summed E-state index contributed by atoms with van der Waals surface area (Å²) in [5.41, 5.74) is 1.97. The second-order valence-electron chi connectivity index (χ2n) is 6.79. The van der Waals surface area contributed by atoms with Crippen molar-refractivity contribution in [2.45, 2.75) is 6.54 Å². The molecule has 0 fully saturated rings. The van der Waals surface area contributed by atoms with Gasteiger partial charge in [-0.1, -0.05) is 54.6 Å². The molecule has 0 spiro atoms. The number of para-hydroxylation sites is 1. The highest BCUT2D eigenvalue weighted by molar-refractivity contribution is 7.25. The van der Waals surface area contributed by atoms with E-state index in [1.165, 1.54) is 0 Å². The molecule has 1 N–H and O–H groups in total. The van der Waals surface area contributed by atoms with Crippen LogP contribution in [0.15, 0.2) is 77.6 Å². The Bertz CT molecular complexity index is 1410. The molecule has 0 aliphatic rings. The molecule has 0 unspecified atom stereocenters. The van der Waals surface area contributed by atoms with Gasteiger partial charge in [-0.25, -0.2) is 4.98 Å². The van der Waals surface area contributed by atoms with Crippen molar-refractivity contribution in [3.05, 3.63) is 88.6 Å². The SMILES string of the molecule is COc1cccc2c(=O)c3c(sc12)c(NCc1ccccc1)nc1ccccc13. The standard InChI is InChI=1S/C24H18N2O2S/c1-28-19-13-7-11-17-21(27)20-16-10-5-6-12-18(16)26-24(23(20)29-22(17)19)25-14-15-8-3-2-4-9-15/h2-13H,14H2,1H3,(H,25,26). The van der Waals surface area contributed by atoms with Gasteiger partial charge in [-0.15, -0.1) is 11.3 Å². The second-order valence-corrected chi connectivity index (χ2v) is 7.81. The molecular formula is C24H18N2O2S. The van der Waals surface area contributed by atoms with Gasteiger partial charge < -0.3 is 10.1 Å². The molecule has 5 heteroatoms. The number of nitrogens with zero attached hydrogens (tertiary/aromatic N) is 1. The van der Waals surface area contributed by atoms with Crippen LogP contribution in [0.4, 0.5) is 5.82 Å². The van der Waals surface area contributed by atoms with Crippen molar-refractivity contribution in [3.8, 4) is 5.75 Å². The number of fused-ring (bicyclic) bond motifs is 4. The maximum absolute atomic E-state index is 13.5. The van der Waals surface area contributed by atoms with E-state index in [-0.39, 0.29) is 5.43 Å². The number of ether oxygens (including phenoxy) is 1. The van der Waals surface area contributed by atoms with E-state index in [0.717, 1.165) is 31.7 Å². The minimum absolute atomic E-state index is 0.00834. The molecule has 29 heavy (non-hydrogen) atoms. The summed E-state index contributed by atoms with van der Waals surface area (Å²) in [7, 11) is 1.63. The Morgan fingerprint density at radius 1 is 0.897 bits per heavy atom. The van der Waals surface area contributed by atoms with Gasteiger partial charge in [0.25, 0.3) is 0 Å². The lowest BCUT2D eigenvalue weighted by molar-refractivity contribution is 0.420. The summed E-state index contributed by atoms with van der Waals surface area (Å²) in [6.45, 7) is 0.631. The molecule has 2 heterocycles. The summed E-state index contributed by atoms with van der Waals surface area (Å²) < 4.78 is 7.21. The topological polar surface area (TPSA) is 51.2 Å². The van der Waals surface area contributed by atoms with Crippen molar-refractivity contribution in [1.82, 2.24) is 4.98 Å². The number of pyridine rings is 1. The number of benzene rings is 3. The smallest absolute Gasteiger partial charge is 0.196 e. The Balaban J connectivity index is 1.82. The van der Waals surface area contributed by atoms with E-state index >= 15 is 0 Å². The van der Waals surface area contributed by atoms with E-state index in [1.807, 2.05) is 60.7 Å². The van der Waals surface area contributed by atoms with Gasteiger partial charge in [-0.3, -0.25) is 4.79 Å². The van der Waals surface area contributed by atoms with Crippen LogP contribution in [0.25, 0.3) is 31.1 Å². The van der Waals surface area contributed by atoms with Crippen LogP contribution in [0, 0.1) is 0 Å². The lowest BCUT2D eigenvalue weighted by Crippen LogP contribution is -2.07. The summed E-state index contributed by atoms with van der Waals surface area (Å²) >= 11 is 1.54. The highest BCUT2D eigenvalue weighted by Crippen LogP contribution is 2.37. The summed E-state index contributed by atoms with van der Waals surface area (Å²) in [5, 5.41) is 5.70. The van der Waals surface area contributed by atoms with Gasteiger partial charge in [0.05, 0.1) is 27.4 Å².